The Morgan fingerprint density at radius 1 is 0.900 bits per heavy atom. The summed E-state index contributed by atoms with van der Waals surface area (Å²) in [4.78, 5) is 0. The summed E-state index contributed by atoms with van der Waals surface area (Å²) in [5, 5.41) is 0. The van der Waals surface area contributed by atoms with Crippen molar-refractivity contribution >= 4 is 0 Å². The van der Waals surface area contributed by atoms with Crippen molar-refractivity contribution in [3.8, 4) is 0 Å². The molecule has 0 heteroatoms. The van der Waals surface area contributed by atoms with E-state index in [4.69, 9.17) is 0 Å². The molecule has 2 aromatic rings. The van der Waals surface area contributed by atoms with Gasteiger partial charge in [0.25, 0.3) is 0 Å². The predicted molar refractivity (Wildman–Crippen MR) is 87.9 cm³/mol. The van der Waals surface area contributed by atoms with Crippen molar-refractivity contribution in [3.63, 3.8) is 0 Å². The van der Waals surface area contributed by atoms with E-state index >= 15 is 0 Å². The topological polar surface area (TPSA) is 0 Å². The van der Waals surface area contributed by atoms with Gasteiger partial charge in [0.05, 0.1) is 0 Å². The second-order valence-corrected chi connectivity index (χ2v) is 5.16. The van der Waals surface area contributed by atoms with E-state index in [1.54, 1.807) is 0 Å². The number of rotatable bonds is 7. The second kappa shape index (κ2) is 7.49. The van der Waals surface area contributed by atoms with Gasteiger partial charge in [-0.3, -0.25) is 0 Å². The summed E-state index contributed by atoms with van der Waals surface area (Å²) in [5.41, 5.74) is 4.01. The molecule has 0 aliphatic carbocycles. The summed E-state index contributed by atoms with van der Waals surface area (Å²) in [6.45, 7) is 8.02. The fourth-order valence-corrected chi connectivity index (χ4v) is 2.50. The fraction of sp³-hybridized carbons (Fsp3) is 0.200. The highest BCUT2D eigenvalue weighted by molar-refractivity contribution is 5.33. The van der Waals surface area contributed by atoms with Crippen LogP contribution in [0.15, 0.2) is 85.5 Å². The van der Waals surface area contributed by atoms with Crippen molar-refractivity contribution in [2.24, 2.45) is 0 Å². The van der Waals surface area contributed by atoms with Gasteiger partial charge < -0.3 is 0 Å². The smallest absolute Gasteiger partial charge is 0.0126 e. The summed E-state index contributed by atoms with van der Waals surface area (Å²) in [5.74, 6) is 0.398. The van der Waals surface area contributed by atoms with Crippen LogP contribution in [0.5, 0.6) is 0 Å². The van der Waals surface area contributed by atoms with E-state index in [0.717, 1.165) is 19.3 Å². The Labute approximate surface area is 122 Å². The monoisotopic (exact) mass is 262 g/mol. The summed E-state index contributed by atoms with van der Waals surface area (Å²) < 4.78 is 0. The Morgan fingerprint density at radius 3 is 1.85 bits per heavy atom. The van der Waals surface area contributed by atoms with Crippen LogP contribution in [0.1, 0.15) is 36.3 Å². The minimum absolute atomic E-state index is 0.398. The molecule has 0 unspecified atom stereocenters. The Balaban J connectivity index is 2.21. The Hall–Kier alpha value is -2.08. The number of hydrogen-bond donors (Lipinski definition) is 0. The van der Waals surface area contributed by atoms with Gasteiger partial charge in [0, 0.05) is 5.92 Å². The second-order valence-electron chi connectivity index (χ2n) is 5.16. The predicted octanol–water partition coefficient (Wildman–Crippen LogP) is 5.73. The number of hydrogen-bond acceptors (Lipinski definition) is 0. The molecule has 0 amide bonds. The van der Waals surface area contributed by atoms with Crippen molar-refractivity contribution in [1.29, 1.82) is 0 Å². The van der Waals surface area contributed by atoms with Crippen LogP contribution in [0.2, 0.25) is 0 Å². The first-order valence-electron chi connectivity index (χ1n) is 7.18. The molecule has 0 saturated carbocycles. The molecule has 2 rings (SSSR count). The van der Waals surface area contributed by atoms with Crippen molar-refractivity contribution in [1.82, 2.24) is 0 Å². The fourth-order valence-electron chi connectivity index (χ4n) is 2.50. The largest absolute Gasteiger partial charge is 0.103 e. The lowest BCUT2D eigenvalue weighted by atomic mass is 9.85. The van der Waals surface area contributed by atoms with Crippen molar-refractivity contribution in [2.75, 3.05) is 0 Å². The first-order valence-corrected chi connectivity index (χ1v) is 7.18. The average Bonchev–Trinajstić information content (AvgIpc) is 2.52. The van der Waals surface area contributed by atoms with Crippen LogP contribution in [0, 0.1) is 0 Å². The van der Waals surface area contributed by atoms with Crippen LogP contribution < -0.4 is 0 Å². The lowest BCUT2D eigenvalue weighted by molar-refractivity contribution is 0.759. The van der Waals surface area contributed by atoms with Gasteiger partial charge in [-0.1, -0.05) is 78.9 Å². The van der Waals surface area contributed by atoms with E-state index in [0.29, 0.717) is 5.92 Å². The molecule has 0 aromatic heterocycles. The standard InChI is InChI=1S/C20H22/c1-3-4-11-17(2)16-20(18-12-7-5-8-13-18)19-14-9-6-10-15-19/h3,5-10,12-15,20H,1-2,4,11,16H2. The van der Waals surface area contributed by atoms with Gasteiger partial charge in [0.1, 0.15) is 0 Å². The quantitative estimate of drug-likeness (QED) is 0.559. The zero-order chi connectivity index (χ0) is 14.2. The highest BCUT2D eigenvalue weighted by Crippen LogP contribution is 2.31. The highest BCUT2D eigenvalue weighted by atomic mass is 14.2. The molecule has 0 spiro atoms. The summed E-state index contributed by atoms with van der Waals surface area (Å²) >= 11 is 0. The van der Waals surface area contributed by atoms with Crippen LogP contribution in [-0.2, 0) is 0 Å². The molecule has 0 fully saturated rings. The van der Waals surface area contributed by atoms with E-state index in [-0.39, 0.29) is 0 Å². The molecule has 0 N–H and O–H groups in total. The first-order chi connectivity index (χ1) is 9.81. The lowest BCUT2D eigenvalue weighted by Gasteiger charge is -2.19. The minimum Gasteiger partial charge on any atom is -0.103 e. The van der Waals surface area contributed by atoms with Gasteiger partial charge in [0.15, 0.2) is 0 Å². The van der Waals surface area contributed by atoms with Gasteiger partial charge in [0.2, 0.25) is 0 Å². The first kappa shape index (κ1) is 14.3. The van der Waals surface area contributed by atoms with Crippen molar-refractivity contribution in [3.05, 3.63) is 96.6 Å². The number of benzene rings is 2. The van der Waals surface area contributed by atoms with Gasteiger partial charge in [-0.25, -0.2) is 0 Å². The molecule has 0 aliphatic rings. The Morgan fingerprint density at radius 2 is 1.40 bits per heavy atom. The van der Waals surface area contributed by atoms with E-state index in [1.165, 1.54) is 16.7 Å². The molecule has 0 bridgehead atoms. The van der Waals surface area contributed by atoms with Crippen molar-refractivity contribution in [2.45, 2.75) is 25.2 Å². The van der Waals surface area contributed by atoms with Crippen LogP contribution in [-0.4, -0.2) is 0 Å². The Bertz CT molecular complexity index is 497. The molecular weight excluding hydrogens is 240 g/mol. The van der Waals surface area contributed by atoms with Crippen LogP contribution in [0.4, 0.5) is 0 Å². The van der Waals surface area contributed by atoms with Gasteiger partial charge in [-0.2, -0.15) is 0 Å². The maximum absolute atomic E-state index is 4.24. The zero-order valence-electron chi connectivity index (χ0n) is 12.0. The number of allylic oxidation sites excluding steroid dienone is 2. The molecular formula is C20H22. The van der Waals surface area contributed by atoms with E-state index < -0.39 is 0 Å². The molecule has 0 nitrogen and oxygen atoms in total. The van der Waals surface area contributed by atoms with Crippen LogP contribution in [0.25, 0.3) is 0 Å². The van der Waals surface area contributed by atoms with Crippen LogP contribution in [0.3, 0.4) is 0 Å². The molecule has 0 heterocycles. The summed E-state index contributed by atoms with van der Waals surface area (Å²) in [6.07, 6.45) is 5.00. The molecule has 2 aromatic carbocycles. The average molecular weight is 262 g/mol. The molecule has 0 saturated heterocycles. The van der Waals surface area contributed by atoms with Gasteiger partial charge in [-0.15, -0.1) is 6.58 Å². The van der Waals surface area contributed by atoms with Gasteiger partial charge >= 0.3 is 0 Å². The zero-order valence-corrected chi connectivity index (χ0v) is 12.0. The minimum atomic E-state index is 0.398. The Kier molecular flexibility index (Phi) is 5.37. The maximum Gasteiger partial charge on any atom is 0.0126 e. The normalized spacial score (nSPS) is 10.4. The third-order valence-electron chi connectivity index (χ3n) is 3.60. The van der Waals surface area contributed by atoms with E-state index in [1.807, 2.05) is 6.08 Å². The SMILES string of the molecule is C=CCCC(=C)CC(c1ccccc1)c1ccccc1. The summed E-state index contributed by atoms with van der Waals surface area (Å²) in [6, 6.07) is 21.4. The molecule has 102 valence electrons. The molecule has 0 atom stereocenters. The molecule has 20 heavy (non-hydrogen) atoms. The summed E-state index contributed by atoms with van der Waals surface area (Å²) in [7, 11) is 0. The maximum atomic E-state index is 4.24. The highest BCUT2D eigenvalue weighted by Gasteiger charge is 2.14. The van der Waals surface area contributed by atoms with Crippen LogP contribution >= 0.6 is 0 Å². The lowest BCUT2D eigenvalue weighted by Crippen LogP contribution is -2.02. The van der Waals surface area contributed by atoms with Crippen molar-refractivity contribution < 1.29 is 0 Å². The van der Waals surface area contributed by atoms with Gasteiger partial charge in [-0.05, 0) is 30.4 Å². The molecule has 0 aliphatic heterocycles. The molecule has 0 radical (unpaired) electrons. The third-order valence-corrected chi connectivity index (χ3v) is 3.60. The van der Waals surface area contributed by atoms with E-state index in [2.05, 4.69) is 73.8 Å². The van der Waals surface area contributed by atoms with E-state index in [9.17, 15) is 0 Å². The third kappa shape index (κ3) is 3.96.